The Labute approximate surface area is 169 Å². The summed E-state index contributed by atoms with van der Waals surface area (Å²) in [5.41, 5.74) is 4.30. The summed E-state index contributed by atoms with van der Waals surface area (Å²) < 4.78 is 11.4. The zero-order valence-corrected chi connectivity index (χ0v) is 16.8. The average molecular weight is 402 g/mol. The van der Waals surface area contributed by atoms with Gasteiger partial charge in [-0.05, 0) is 60.0 Å². The summed E-state index contributed by atoms with van der Waals surface area (Å²) in [6, 6.07) is 19.3. The number of hydrogen-bond donors (Lipinski definition) is 1. The normalized spacial score (nSPS) is 10.5. The first-order valence-electron chi connectivity index (χ1n) is 8.59. The van der Waals surface area contributed by atoms with E-state index in [1.807, 2.05) is 67.6 Å². The van der Waals surface area contributed by atoms with E-state index in [0.29, 0.717) is 34.7 Å². The summed E-state index contributed by atoms with van der Waals surface area (Å²) in [4.78, 5) is 0. The number of methoxy groups -OCH3 is 1. The number of rotatable bonds is 7. The average Bonchev–Trinajstić information content (AvgIpc) is 2.68. The van der Waals surface area contributed by atoms with Crippen LogP contribution in [0.5, 0.6) is 11.5 Å². The molecule has 3 nitrogen and oxygen atoms in total. The van der Waals surface area contributed by atoms with E-state index in [1.165, 1.54) is 0 Å². The van der Waals surface area contributed by atoms with Crippen LogP contribution in [0.4, 0.5) is 5.69 Å². The molecule has 3 rings (SSSR count). The van der Waals surface area contributed by atoms with Crippen LogP contribution in [0.3, 0.4) is 0 Å². The summed E-state index contributed by atoms with van der Waals surface area (Å²) in [5, 5.41) is 4.84. The van der Waals surface area contributed by atoms with Crippen molar-refractivity contribution in [3.05, 3.63) is 87.4 Å². The maximum atomic E-state index is 6.08. The fourth-order valence-electron chi connectivity index (χ4n) is 2.66. The lowest BCUT2D eigenvalue weighted by Gasteiger charge is -2.14. The van der Waals surface area contributed by atoms with Gasteiger partial charge in [-0.15, -0.1) is 0 Å². The van der Waals surface area contributed by atoms with Gasteiger partial charge in [0.1, 0.15) is 6.61 Å². The Morgan fingerprint density at radius 3 is 2.26 bits per heavy atom. The van der Waals surface area contributed by atoms with Gasteiger partial charge < -0.3 is 14.8 Å². The van der Waals surface area contributed by atoms with E-state index in [2.05, 4.69) is 5.32 Å². The fourth-order valence-corrected chi connectivity index (χ4v) is 2.96. The molecule has 3 aromatic carbocycles. The summed E-state index contributed by atoms with van der Waals surface area (Å²) in [6.07, 6.45) is 0. The smallest absolute Gasteiger partial charge is 0.161 e. The van der Waals surface area contributed by atoms with Crippen molar-refractivity contribution < 1.29 is 9.47 Å². The maximum Gasteiger partial charge on any atom is 0.161 e. The predicted octanol–water partition coefficient (Wildman–Crippen LogP) is 6.50. The molecule has 27 heavy (non-hydrogen) atoms. The maximum absolute atomic E-state index is 6.08. The molecule has 0 spiro atoms. The highest BCUT2D eigenvalue weighted by molar-refractivity contribution is 6.31. The van der Waals surface area contributed by atoms with Crippen molar-refractivity contribution in [3.8, 4) is 11.5 Å². The van der Waals surface area contributed by atoms with Gasteiger partial charge in [-0.1, -0.05) is 47.5 Å². The molecule has 3 aromatic rings. The minimum absolute atomic E-state index is 0.451. The van der Waals surface area contributed by atoms with E-state index in [0.717, 1.165) is 22.4 Å². The molecule has 0 fully saturated rings. The third-order valence-corrected chi connectivity index (χ3v) is 4.71. The van der Waals surface area contributed by atoms with Gasteiger partial charge in [0.2, 0.25) is 0 Å². The molecule has 0 saturated carbocycles. The van der Waals surface area contributed by atoms with Gasteiger partial charge in [0.25, 0.3) is 0 Å². The molecular weight excluding hydrogens is 381 g/mol. The van der Waals surface area contributed by atoms with Crippen molar-refractivity contribution in [2.45, 2.75) is 20.1 Å². The van der Waals surface area contributed by atoms with E-state index >= 15 is 0 Å². The minimum atomic E-state index is 0.451. The number of halogens is 2. The molecule has 0 atom stereocenters. The van der Waals surface area contributed by atoms with Crippen LogP contribution in [-0.2, 0) is 13.2 Å². The van der Waals surface area contributed by atoms with Crippen LogP contribution in [-0.4, -0.2) is 7.11 Å². The van der Waals surface area contributed by atoms with Crippen molar-refractivity contribution >= 4 is 28.9 Å². The molecule has 0 aromatic heterocycles. The van der Waals surface area contributed by atoms with Crippen LogP contribution in [0.1, 0.15) is 16.7 Å². The SMILES string of the molecule is COc1cc(CNc2cc(Cl)ccc2C)ccc1OCc1ccc(Cl)cc1. The highest BCUT2D eigenvalue weighted by Gasteiger charge is 2.07. The molecule has 0 amide bonds. The van der Waals surface area contributed by atoms with Crippen molar-refractivity contribution in [2.24, 2.45) is 0 Å². The number of benzene rings is 3. The molecule has 0 aliphatic carbocycles. The Kier molecular flexibility index (Phi) is 6.49. The number of ether oxygens (including phenoxy) is 2. The largest absolute Gasteiger partial charge is 0.493 e. The van der Waals surface area contributed by atoms with Gasteiger partial charge in [0.15, 0.2) is 11.5 Å². The number of aryl methyl sites for hydroxylation is 1. The Hall–Kier alpha value is -2.36. The van der Waals surface area contributed by atoms with Gasteiger partial charge in [-0.3, -0.25) is 0 Å². The summed E-state index contributed by atoms with van der Waals surface area (Å²) >= 11 is 12.0. The van der Waals surface area contributed by atoms with Crippen LogP contribution < -0.4 is 14.8 Å². The van der Waals surface area contributed by atoms with Gasteiger partial charge in [-0.25, -0.2) is 0 Å². The van der Waals surface area contributed by atoms with Gasteiger partial charge in [-0.2, -0.15) is 0 Å². The molecule has 0 heterocycles. The zero-order chi connectivity index (χ0) is 19.2. The third kappa shape index (κ3) is 5.31. The first kappa shape index (κ1) is 19.4. The van der Waals surface area contributed by atoms with E-state index < -0.39 is 0 Å². The fraction of sp³-hybridized carbons (Fsp3) is 0.182. The van der Waals surface area contributed by atoms with Crippen LogP contribution in [0.2, 0.25) is 10.0 Å². The van der Waals surface area contributed by atoms with Crippen LogP contribution in [0, 0.1) is 6.92 Å². The number of anilines is 1. The molecule has 1 N–H and O–H groups in total. The van der Waals surface area contributed by atoms with Gasteiger partial charge >= 0.3 is 0 Å². The first-order chi connectivity index (χ1) is 13.0. The van der Waals surface area contributed by atoms with Crippen molar-refractivity contribution in [3.63, 3.8) is 0 Å². The summed E-state index contributed by atoms with van der Waals surface area (Å²) in [7, 11) is 1.64. The summed E-state index contributed by atoms with van der Waals surface area (Å²) in [6.45, 7) is 3.16. The predicted molar refractivity (Wildman–Crippen MR) is 112 cm³/mol. The van der Waals surface area contributed by atoms with E-state index in [1.54, 1.807) is 7.11 Å². The Bertz CT molecular complexity index is 911. The second-order valence-corrected chi connectivity index (χ2v) is 7.09. The molecule has 0 saturated heterocycles. The topological polar surface area (TPSA) is 30.5 Å². The van der Waals surface area contributed by atoms with Gasteiger partial charge in [0, 0.05) is 22.3 Å². The summed E-state index contributed by atoms with van der Waals surface area (Å²) in [5.74, 6) is 1.40. The van der Waals surface area contributed by atoms with Crippen LogP contribution >= 0.6 is 23.2 Å². The second-order valence-electron chi connectivity index (χ2n) is 6.21. The zero-order valence-electron chi connectivity index (χ0n) is 15.3. The van der Waals surface area contributed by atoms with E-state index in [4.69, 9.17) is 32.7 Å². The second kappa shape index (κ2) is 9.03. The minimum Gasteiger partial charge on any atom is -0.493 e. The molecular formula is C22H21Cl2NO2. The highest BCUT2D eigenvalue weighted by atomic mass is 35.5. The van der Waals surface area contributed by atoms with E-state index in [-0.39, 0.29) is 0 Å². The Morgan fingerprint density at radius 2 is 1.52 bits per heavy atom. The lowest BCUT2D eigenvalue weighted by atomic mass is 10.1. The molecule has 5 heteroatoms. The molecule has 0 aliphatic rings. The Morgan fingerprint density at radius 1 is 0.815 bits per heavy atom. The van der Waals surface area contributed by atoms with Crippen molar-refractivity contribution in [1.29, 1.82) is 0 Å². The lowest BCUT2D eigenvalue weighted by Crippen LogP contribution is -2.03. The third-order valence-electron chi connectivity index (χ3n) is 4.22. The van der Waals surface area contributed by atoms with Crippen molar-refractivity contribution in [2.75, 3.05) is 12.4 Å². The number of hydrogen-bond acceptors (Lipinski definition) is 3. The number of nitrogens with one attached hydrogen (secondary N) is 1. The van der Waals surface area contributed by atoms with E-state index in [9.17, 15) is 0 Å². The Balaban J connectivity index is 1.66. The van der Waals surface area contributed by atoms with Crippen LogP contribution in [0.25, 0.3) is 0 Å². The molecule has 0 radical (unpaired) electrons. The quantitative estimate of drug-likeness (QED) is 0.489. The molecule has 0 bridgehead atoms. The molecule has 140 valence electrons. The standard InChI is InChI=1S/C22H21Cl2NO2/c1-15-3-7-19(24)12-20(15)25-13-17-6-10-21(22(11-17)26-2)27-14-16-4-8-18(23)9-5-16/h3-12,25H,13-14H2,1-2H3. The first-order valence-corrected chi connectivity index (χ1v) is 9.35. The molecule has 0 aliphatic heterocycles. The molecule has 0 unspecified atom stereocenters. The van der Waals surface area contributed by atoms with Crippen molar-refractivity contribution in [1.82, 2.24) is 0 Å². The highest BCUT2D eigenvalue weighted by Crippen LogP contribution is 2.29. The van der Waals surface area contributed by atoms with Gasteiger partial charge in [0.05, 0.1) is 7.11 Å². The monoisotopic (exact) mass is 401 g/mol. The lowest BCUT2D eigenvalue weighted by molar-refractivity contribution is 0.284. The van der Waals surface area contributed by atoms with Crippen LogP contribution in [0.15, 0.2) is 60.7 Å².